The van der Waals surface area contributed by atoms with Gasteiger partial charge in [-0.25, -0.2) is 0 Å². The van der Waals surface area contributed by atoms with Crippen molar-refractivity contribution in [2.24, 2.45) is 7.05 Å². The Balaban J connectivity index is 2.76. The maximum atomic E-state index is 11.7. The summed E-state index contributed by atoms with van der Waals surface area (Å²) in [7, 11) is 3.71. The number of likely N-dealkylation sites (N-methyl/N-ethyl adjacent to an activating group) is 1. The van der Waals surface area contributed by atoms with Crippen LogP contribution in [0.15, 0.2) is 0 Å². The smallest absolute Gasteiger partial charge is 0.239 e. The first-order valence-electron chi connectivity index (χ1n) is 6.80. The van der Waals surface area contributed by atoms with E-state index in [1.165, 1.54) is 0 Å². The van der Waals surface area contributed by atoms with Crippen LogP contribution in [0.4, 0.5) is 11.5 Å². The van der Waals surface area contributed by atoms with Gasteiger partial charge in [0.1, 0.15) is 0 Å². The highest BCUT2D eigenvalue weighted by atomic mass is 16.2. The number of nitrogens with two attached hydrogens (primary N) is 1. The van der Waals surface area contributed by atoms with Crippen LogP contribution in [0.1, 0.15) is 32.4 Å². The molecule has 1 aromatic rings. The Labute approximate surface area is 114 Å². The van der Waals surface area contributed by atoms with E-state index in [0.717, 1.165) is 30.8 Å². The number of hydrogen-bond donors (Lipinski definition) is 2. The van der Waals surface area contributed by atoms with Crippen molar-refractivity contribution in [3.63, 3.8) is 0 Å². The zero-order valence-electron chi connectivity index (χ0n) is 12.4. The molecule has 0 aliphatic carbocycles. The Morgan fingerprint density at radius 2 is 2.11 bits per heavy atom. The SMILES string of the molecule is CCCNC(=O)CN(C)c1c(N)c(CCC)nn1C. The molecule has 0 saturated carbocycles. The summed E-state index contributed by atoms with van der Waals surface area (Å²) in [5, 5.41) is 7.26. The van der Waals surface area contributed by atoms with Gasteiger partial charge in [0, 0.05) is 20.6 Å². The van der Waals surface area contributed by atoms with Gasteiger partial charge < -0.3 is 16.0 Å². The minimum Gasteiger partial charge on any atom is -0.394 e. The van der Waals surface area contributed by atoms with Gasteiger partial charge in [-0.05, 0) is 12.8 Å². The summed E-state index contributed by atoms with van der Waals surface area (Å²) >= 11 is 0. The van der Waals surface area contributed by atoms with Crippen molar-refractivity contribution in [2.75, 3.05) is 30.8 Å². The fourth-order valence-corrected chi connectivity index (χ4v) is 2.07. The summed E-state index contributed by atoms with van der Waals surface area (Å²) in [5.41, 5.74) is 7.69. The van der Waals surface area contributed by atoms with Crippen LogP contribution < -0.4 is 16.0 Å². The molecule has 1 rings (SSSR count). The fraction of sp³-hybridized carbons (Fsp3) is 0.692. The number of rotatable bonds is 7. The van der Waals surface area contributed by atoms with E-state index in [1.807, 2.05) is 25.9 Å². The van der Waals surface area contributed by atoms with Crippen LogP contribution in [0, 0.1) is 0 Å². The second-order valence-corrected chi connectivity index (χ2v) is 4.76. The number of anilines is 2. The van der Waals surface area contributed by atoms with Crippen LogP contribution in [-0.4, -0.2) is 35.8 Å². The van der Waals surface area contributed by atoms with E-state index >= 15 is 0 Å². The third-order valence-electron chi connectivity index (χ3n) is 2.93. The second-order valence-electron chi connectivity index (χ2n) is 4.76. The molecule has 1 heterocycles. The van der Waals surface area contributed by atoms with Gasteiger partial charge in [0.2, 0.25) is 5.91 Å². The van der Waals surface area contributed by atoms with Crippen molar-refractivity contribution in [2.45, 2.75) is 33.1 Å². The molecule has 0 radical (unpaired) electrons. The van der Waals surface area contributed by atoms with Gasteiger partial charge in [-0.2, -0.15) is 5.10 Å². The van der Waals surface area contributed by atoms with Crippen LogP contribution in [0.5, 0.6) is 0 Å². The minimum absolute atomic E-state index is 0.00184. The first-order valence-corrected chi connectivity index (χ1v) is 6.80. The number of nitrogens with zero attached hydrogens (tertiary/aromatic N) is 3. The lowest BCUT2D eigenvalue weighted by Crippen LogP contribution is -2.36. The molecule has 19 heavy (non-hydrogen) atoms. The molecule has 0 unspecified atom stereocenters. The quantitative estimate of drug-likeness (QED) is 0.770. The van der Waals surface area contributed by atoms with Crippen LogP contribution in [0.25, 0.3) is 0 Å². The van der Waals surface area contributed by atoms with Crippen molar-refractivity contribution in [1.82, 2.24) is 15.1 Å². The molecule has 0 aromatic carbocycles. The van der Waals surface area contributed by atoms with Gasteiger partial charge in [0.15, 0.2) is 5.82 Å². The Morgan fingerprint density at radius 1 is 1.42 bits per heavy atom. The van der Waals surface area contributed by atoms with Crippen molar-refractivity contribution >= 4 is 17.4 Å². The molecular formula is C13H25N5O. The number of nitrogen functional groups attached to an aromatic ring is 1. The number of aryl methyl sites for hydroxylation is 2. The predicted octanol–water partition coefficient (Wildman–Crippen LogP) is 0.917. The molecule has 3 N–H and O–H groups in total. The van der Waals surface area contributed by atoms with Gasteiger partial charge >= 0.3 is 0 Å². The van der Waals surface area contributed by atoms with Gasteiger partial charge in [-0.3, -0.25) is 9.48 Å². The van der Waals surface area contributed by atoms with Crippen LogP contribution >= 0.6 is 0 Å². The van der Waals surface area contributed by atoms with E-state index in [9.17, 15) is 4.79 Å². The Hall–Kier alpha value is -1.72. The zero-order valence-corrected chi connectivity index (χ0v) is 12.4. The molecule has 0 aliphatic rings. The summed E-state index contributed by atoms with van der Waals surface area (Å²) in [6, 6.07) is 0. The van der Waals surface area contributed by atoms with E-state index in [2.05, 4.69) is 17.3 Å². The Morgan fingerprint density at radius 3 is 2.68 bits per heavy atom. The van der Waals surface area contributed by atoms with E-state index in [-0.39, 0.29) is 12.5 Å². The molecule has 6 heteroatoms. The van der Waals surface area contributed by atoms with E-state index in [1.54, 1.807) is 4.68 Å². The van der Waals surface area contributed by atoms with Gasteiger partial charge in [0.05, 0.1) is 17.9 Å². The van der Waals surface area contributed by atoms with Gasteiger partial charge in [-0.15, -0.1) is 0 Å². The third kappa shape index (κ3) is 3.87. The third-order valence-corrected chi connectivity index (χ3v) is 2.93. The summed E-state index contributed by atoms with van der Waals surface area (Å²) in [6.07, 6.45) is 2.79. The molecule has 108 valence electrons. The fourth-order valence-electron chi connectivity index (χ4n) is 2.07. The summed E-state index contributed by atoms with van der Waals surface area (Å²) in [6.45, 7) is 5.11. The highest BCUT2D eigenvalue weighted by Gasteiger charge is 2.17. The maximum absolute atomic E-state index is 11.7. The lowest BCUT2D eigenvalue weighted by molar-refractivity contribution is -0.119. The lowest BCUT2D eigenvalue weighted by Gasteiger charge is -2.19. The summed E-state index contributed by atoms with van der Waals surface area (Å²) in [5.74, 6) is 0.803. The topological polar surface area (TPSA) is 76.2 Å². The number of nitrogens with one attached hydrogen (secondary N) is 1. The predicted molar refractivity (Wildman–Crippen MR) is 78.2 cm³/mol. The Bertz CT molecular complexity index is 427. The zero-order chi connectivity index (χ0) is 14.4. The molecule has 0 fully saturated rings. The maximum Gasteiger partial charge on any atom is 0.239 e. The van der Waals surface area contributed by atoms with Crippen molar-refractivity contribution in [3.05, 3.63) is 5.69 Å². The first kappa shape index (κ1) is 15.3. The Kier molecular flexibility index (Phi) is 5.66. The average molecular weight is 267 g/mol. The van der Waals surface area contributed by atoms with Crippen molar-refractivity contribution in [3.8, 4) is 0 Å². The normalized spacial score (nSPS) is 10.5. The number of carbonyl (C=O) groups excluding carboxylic acids is 1. The van der Waals surface area contributed by atoms with Crippen molar-refractivity contribution < 1.29 is 4.79 Å². The highest BCUT2D eigenvalue weighted by Crippen LogP contribution is 2.25. The summed E-state index contributed by atoms with van der Waals surface area (Å²) < 4.78 is 1.74. The van der Waals surface area contributed by atoms with Crippen LogP contribution in [0.3, 0.4) is 0 Å². The van der Waals surface area contributed by atoms with E-state index in [0.29, 0.717) is 12.2 Å². The molecule has 0 saturated heterocycles. The average Bonchev–Trinajstić information content (AvgIpc) is 2.62. The number of aromatic nitrogens is 2. The summed E-state index contributed by atoms with van der Waals surface area (Å²) in [4.78, 5) is 13.6. The second kappa shape index (κ2) is 7.01. The number of hydrogen-bond acceptors (Lipinski definition) is 4. The van der Waals surface area contributed by atoms with Crippen LogP contribution in [0.2, 0.25) is 0 Å². The number of amides is 1. The largest absolute Gasteiger partial charge is 0.394 e. The molecule has 6 nitrogen and oxygen atoms in total. The molecule has 0 bridgehead atoms. The van der Waals surface area contributed by atoms with Crippen molar-refractivity contribution in [1.29, 1.82) is 0 Å². The van der Waals surface area contributed by atoms with E-state index in [4.69, 9.17) is 5.73 Å². The first-order chi connectivity index (χ1) is 9.01. The molecule has 1 amide bonds. The lowest BCUT2D eigenvalue weighted by atomic mass is 10.2. The minimum atomic E-state index is 0.00184. The van der Waals surface area contributed by atoms with Gasteiger partial charge in [0.25, 0.3) is 0 Å². The number of carbonyl (C=O) groups is 1. The molecule has 0 spiro atoms. The van der Waals surface area contributed by atoms with E-state index < -0.39 is 0 Å². The molecule has 0 atom stereocenters. The highest BCUT2D eigenvalue weighted by molar-refractivity contribution is 5.82. The van der Waals surface area contributed by atoms with Gasteiger partial charge in [-0.1, -0.05) is 20.3 Å². The van der Waals surface area contributed by atoms with Crippen LogP contribution in [-0.2, 0) is 18.3 Å². The standard InChI is InChI=1S/C13H25N5O/c1-5-7-10-12(14)13(18(4)16-10)17(3)9-11(19)15-8-6-2/h5-9,14H2,1-4H3,(H,15,19). The monoisotopic (exact) mass is 267 g/mol. The molecule has 0 aliphatic heterocycles. The molecular weight excluding hydrogens is 242 g/mol. The molecule has 1 aromatic heterocycles.